The Bertz CT molecular complexity index is 921. The van der Waals surface area contributed by atoms with Gasteiger partial charge in [-0.25, -0.2) is 0 Å². The van der Waals surface area contributed by atoms with Crippen LogP contribution in [0, 0.1) is 11.8 Å². The van der Waals surface area contributed by atoms with E-state index in [1.54, 1.807) is 32.9 Å². The highest BCUT2D eigenvalue weighted by atomic mass is 16.1. The minimum absolute atomic E-state index is 0. The Kier molecular flexibility index (Phi) is 31.3. The topological polar surface area (TPSA) is 51.2 Å². The first-order valence-electron chi connectivity index (χ1n) is 16.0. The van der Waals surface area contributed by atoms with E-state index < -0.39 is 0 Å². The van der Waals surface area contributed by atoms with Gasteiger partial charge < -0.3 is 4.79 Å². The van der Waals surface area contributed by atoms with Gasteiger partial charge in [0.25, 0.3) is 0 Å². The summed E-state index contributed by atoms with van der Waals surface area (Å²) in [7, 11) is 0. The summed E-state index contributed by atoms with van der Waals surface area (Å²) >= 11 is 0. The summed E-state index contributed by atoms with van der Waals surface area (Å²) in [4.78, 5) is 32.0. The van der Waals surface area contributed by atoms with E-state index in [2.05, 4.69) is 80.5 Å². The number of hydrogen-bond donors (Lipinski definition) is 0. The molecular weight excluding hydrogens is 516 g/mol. The lowest BCUT2D eigenvalue weighted by molar-refractivity contribution is -0.117. The van der Waals surface area contributed by atoms with Crippen molar-refractivity contribution < 1.29 is 17.2 Å². The lowest BCUT2D eigenvalue weighted by Crippen LogP contribution is -1.97. The molecule has 42 heavy (non-hydrogen) atoms. The van der Waals surface area contributed by atoms with Crippen LogP contribution in [-0.4, -0.2) is 17.3 Å². The van der Waals surface area contributed by atoms with E-state index in [1.807, 2.05) is 18.2 Å². The number of rotatable bonds is 18. The van der Waals surface area contributed by atoms with Crippen molar-refractivity contribution >= 4 is 17.3 Å². The molecule has 0 radical (unpaired) electrons. The van der Waals surface area contributed by atoms with Crippen molar-refractivity contribution in [3.05, 3.63) is 70.9 Å². The molecule has 0 aliphatic rings. The molecule has 0 aliphatic carbocycles. The molecule has 2 atom stereocenters. The number of carbonyl (C=O) groups excluding carboxylic acids is 3. The van der Waals surface area contributed by atoms with Gasteiger partial charge in [-0.3, -0.25) is 9.59 Å². The molecule has 0 spiro atoms. The number of hydrogen-bond acceptors (Lipinski definition) is 3. The van der Waals surface area contributed by atoms with Crippen LogP contribution in [0.15, 0.2) is 70.9 Å². The maximum Gasteiger partial charge on any atom is 0.152 e. The van der Waals surface area contributed by atoms with Gasteiger partial charge in [-0.1, -0.05) is 79.0 Å². The van der Waals surface area contributed by atoms with Crippen LogP contribution in [0.5, 0.6) is 0 Å². The van der Waals surface area contributed by atoms with Crippen LogP contribution in [0.2, 0.25) is 0 Å². The van der Waals surface area contributed by atoms with E-state index in [-0.39, 0.29) is 14.4 Å². The molecule has 0 aliphatic heterocycles. The molecule has 3 heteroatoms. The molecular formula is C39H70O3. The Balaban J connectivity index is -0.000000169. The summed E-state index contributed by atoms with van der Waals surface area (Å²) in [6, 6.07) is 0. The van der Waals surface area contributed by atoms with E-state index in [9.17, 15) is 14.4 Å². The third-order valence-corrected chi connectivity index (χ3v) is 6.34. The number of ketones is 3. The second-order valence-corrected chi connectivity index (χ2v) is 12.6. The molecule has 3 nitrogen and oxygen atoms in total. The third kappa shape index (κ3) is 44.5. The Morgan fingerprint density at radius 1 is 0.595 bits per heavy atom. The Morgan fingerprint density at radius 2 is 1.07 bits per heavy atom. The first-order chi connectivity index (χ1) is 19.6. The van der Waals surface area contributed by atoms with Crippen LogP contribution in [-0.2, 0) is 14.4 Å². The molecule has 0 amide bonds. The highest BCUT2D eigenvalue weighted by Crippen LogP contribution is 2.15. The molecule has 244 valence electrons. The van der Waals surface area contributed by atoms with Crippen LogP contribution < -0.4 is 0 Å². The molecule has 0 N–H and O–H groups in total. The van der Waals surface area contributed by atoms with Crippen molar-refractivity contribution in [2.24, 2.45) is 11.8 Å². The van der Waals surface area contributed by atoms with Gasteiger partial charge in [-0.2, -0.15) is 0 Å². The molecule has 0 aromatic heterocycles. The summed E-state index contributed by atoms with van der Waals surface area (Å²) in [6.07, 6.45) is 26.8. The van der Waals surface area contributed by atoms with Gasteiger partial charge in [-0.05, 0) is 145 Å². The Morgan fingerprint density at radius 3 is 1.52 bits per heavy atom. The first kappa shape index (κ1) is 43.9. The number of Topliss-reactive ketones (excluding diaryl/α,β-unsaturated/α-hetero) is 1. The number of carbonyl (C=O) groups is 3. The van der Waals surface area contributed by atoms with Gasteiger partial charge in [0.1, 0.15) is 5.78 Å². The summed E-state index contributed by atoms with van der Waals surface area (Å²) in [5.41, 5.74) is 5.45. The van der Waals surface area contributed by atoms with Gasteiger partial charge in [0.2, 0.25) is 0 Å². The summed E-state index contributed by atoms with van der Waals surface area (Å²) in [5.74, 6) is 1.98. The fourth-order valence-corrected chi connectivity index (χ4v) is 3.76. The van der Waals surface area contributed by atoms with Crippen LogP contribution in [0.1, 0.15) is 150 Å². The normalized spacial score (nSPS) is 12.3. The molecule has 0 bridgehead atoms. The monoisotopic (exact) mass is 587 g/mol. The molecule has 0 saturated carbocycles. The molecule has 0 fully saturated rings. The summed E-state index contributed by atoms with van der Waals surface area (Å²) in [6.45, 7) is 24.2. The highest BCUT2D eigenvalue weighted by Gasteiger charge is 2.02. The van der Waals surface area contributed by atoms with Crippen molar-refractivity contribution in [3.8, 4) is 0 Å². The zero-order valence-corrected chi connectivity index (χ0v) is 29.6. The Hall–Kier alpha value is -2.55. The molecule has 0 aromatic carbocycles. The highest BCUT2D eigenvalue weighted by molar-refractivity contribution is 5.87. The van der Waals surface area contributed by atoms with Gasteiger partial charge in [-0.15, -0.1) is 0 Å². The standard InChI is InChI=1S/C13H24O.C13H22O.C13H20O.2H2/c3*1-11(2)7-5-8-12(3)9-6-10-13(4)14;;/h7,12H,5-6,8-10H2,1-4H3;6-7,10,12H,5,8-9H2,1-4H3;6-7,9-10H,5,8H2,1-4H3;2*1H/b;10-6+;10-6+,12-9+;;. The van der Waals surface area contributed by atoms with E-state index >= 15 is 0 Å². The smallest absolute Gasteiger partial charge is 0.152 e. The van der Waals surface area contributed by atoms with Crippen molar-refractivity contribution in [2.75, 3.05) is 0 Å². The number of allylic oxidation sites excluding steroid dienone is 12. The minimum Gasteiger partial charge on any atom is -0.300 e. The zero-order valence-electron chi connectivity index (χ0n) is 29.6. The average Bonchev–Trinajstić information content (AvgIpc) is 2.83. The van der Waals surface area contributed by atoms with Gasteiger partial charge in [0.15, 0.2) is 11.6 Å². The van der Waals surface area contributed by atoms with Gasteiger partial charge >= 0.3 is 0 Å². The fourth-order valence-electron chi connectivity index (χ4n) is 3.76. The lowest BCUT2D eigenvalue weighted by Gasteiger charge is -2.08. The van der Waals surface area contributed by atoms with E-state index in [4.69, 9.17) is 0 Å². The molecule has 0 aromatic rings. The second-order valence-electron chi connectivity index (χ2n) is 12.6. The van der Waals surface area contributed by atoms with E-state index in [0.717, 1.165) is 44.4 Å². The predicted octanol–water partition coefficient (Wildman–Crippen LogP) is 12.3. The van der Waals surface area contributed by atoms with Gasteiger partial charge in [0.05, 0.1) is 0 Å². The summed E-state index contributed by atoms with van der Waals surface area (Å²) in [5, 5.41) is 0. The van der Waals surface area contributed by atoms with Crippen LogP contribution in [0.25, 0.3) is 0 Å². The van der Waals surface area contributed by atoms with Crippen LogP contribution >= 0.6 is 0 Å². The fraction of sp³-hybridized carbons (Fsp3) is 0.615. The zero-order chi connectivity index (χ0) is 32.9. The second kappa shape index (κ2) is 29.9. The van der Waals surface area contributed by atoms with Crippen molar-refractivity contribution in [1.29, 1.82) is 0 Å². The van der Waals surface area contributed by atoms with E-state index in [0.29, 0.717) is 11.7 Å². The van der Waals surface area contributed by atoms with Crippen LogP contribution in [0.4, 0.5) is 0 Å². The van der Waals surface area contributed by atoms with Crippen molar-refractivity contribution in [2.45, 2.75) is 147 Å². The first-order valence-corrected chi connectivity index (χ1v) is 16.0. The average molecular weight is 587 g/mol. The maximum atomic E-state index is 10.7. The third-order valence-electron chi connectivity index (χ3n) is 6.34. The molecule has 0 rings (SSSR count). The molecule has 2 unspecified atom stereocenters. The Labute approximate surface area is 264 Å². The predicted molar refractivity (Wildman–Crippen MR) is 191 cm³/mol. The van der Waals surface area contributed by atoms with E-state index in [1.165, 1.54) is 48.0 Å². The van der Waals surface area contributed by atoms with Crippen LogP contribution in [0.3, 0.4) is 0 Å². The minimum atomic E-state index is 0. The van der Waals surface area contributed by atoms with Crippen molar-refractivity contribution in [3.63, 3.8) is 0 Å². The van der Waals surface area contributed by atoms with Crippen molar-refractivity contribution in [1.82, 2.24) is 0 Å². The van der Waals surface area contributed by atoms with Gasteiger partial charge in [0, 0.05) is 9.27 Å². The molecule has 0 saturated heterocycles. The quantitative estimate of drug-likeness (QED) is 0.0911. The lowest BCUT2D eigenvalue weighted by atomic mass is 9.98. The largest absolute Gasteiger partial charge is 0.300 e. The SMILES string of the molecule is CC(=O)/C=C/C=C(\C)CCC=C(C)C.CC(=O)/C=C/CC(C)CCC=C(C)C.CC(=O)CCCC(C)CCC=C(C)C.[HH].[HH]. The maximum absolute atomic E-state index is 10.7. The molecule has 0 heterocycles. The summed E-state index contributed by atoms with van der Waals surface area (Å²) < 4.78 is 0.